The molecule has 37 heavy (non-hydrogen) atoms. The molecule has 0 aromatic heterocycles. The van der Waals surface area contributed by atoms with E-state index in [0.717, 1.165) is 57.5 Å². The molecular weight excluding hydrogens is 477 g/mol. The molecule has 1 N–H and O–H groups in total. The van der Waals surface area contributed by atoms with Gasteiger partial charge in [-0.3, -0.25) is 19.7 Å². The highest BCUT2D eigenvalue weighted by Gasteiger charge is 2.46. The van der Waals surface area contributed by atoms with Crippen molar-refractivity contribution in [2.45, 2.75) is 52.0 Å². The van der Waals surface area contributed by atoms with Gasteiger partial charge in [-0.25, -0.2) is 4.39 Å². The van der Waals surface area contributed by atoms with Crippen molar-refractivity contribution < 1.29 is 24.0 Å². The van der Waals surface area contributed by atoms with Crippen LogP contribution in [-0.2, 0) is 9.59 Å². The first kappa shape index (κ1) is 28.0. The first-order chi connectivity index (χ1) is 17.8. The highest BCUT2D eigenvalue weighted by Crippen LogP contribution is 2.40. The standard InChI is InChI=1S/C28H34FN3O5/c1-3-5-15-30(16-6-4-2)17-8-18-31-25(21-9-7-10-23(19-21)32(36)37)24(27(34)28(31)35)26(33)20-11-13-22(29)14-12-20/h7,9-14,19,25,33H,3-6,8,15-18H2,1-2H3/t25-/m1/s1. The molecule has 0 spiro atoms. The van der Waals surface area contributed by atoms with Crippen molar-refractivity contribution in [3.63, 3.8) is 0 Å². The minimum absolute atomic E-state index is 0.161. The molecule has 0 aliphatic carbocycles. The maximum absolute atomic E-state index is 13.5. The molecule has 8 nitrogen and oxygen atoms in total. The SMILES string of the molecule is CCCCN(CCCC)CCCN1C(=O)C(=O)C(=C(O)c2ccc(F)cc2)[C@H]1c1cccc([N+](=O)[O-])c1. The quantitative estimate of drug-likeness (QED) is 0.126. The Kier molecular flexibility index (Phi) is 9.91. The van der Waals surface area contributed by atoms with E-state index in [-0.39, 0.29) is 23.4 Å². The summed E-state index contributed by atoms with van der Waals surface area (Å²) in [4.78, 5) is 40.9. The van der Waals surface area contributed by atoms with Crippen LogP contribution in [0.1, 0.15) is 63.1 Å². The van der Waals surface area contributed by atoms with Crippen LogP contribution < -0.4 is 0 Å². The Morgan fingerprint density at radius 1 is 1.03 bits per heavy atom. The number of aliphatic hydroxyl groups is 1. The van der Waals surface area contributed by atoms with Gasteiger partial charge in [-0.1, -0.05) is 38.8 Å². The van der Waals surface area contributed by atoms with Gasteiger partial charge in [0.1, 0.15) is 11.6 Å². The van der Waals surface area contributed by atoms with Gasteiger partial charge in [0.2, 0.25) is 0 Å². The molecule has 1 fully saturated rings. The van der Waals surface area contributed by atoms with Crippen LogP contribution in [0.4, 0.5) is 10.1 Å². The van der Waals surface area contributed by atoms with Gasteiger partial charge in [0.05, 0.1) is 16.5 Å². The number of halogens is 1. The third-order valence-corrected chi connectivity index (χ3v) is 6.58. The zero-order valence-corrected chi connectivity index (χ0v) is 21.4. The highest BCUT2D eigenvalue weighted by atomic mass is 19.1. The number of likely N-dealkylation sites (tertiary alicyclic amines) is 1. The van der Waals surface area contributed by atoms with Crippen molar-refractivity contribution in [3.05, 3.63) is 81.2 Å². The smallest absolute Gasteiger partial charge is 0.295 e. The molecule has 2 aromatic carbocycles. The molecule has 0 bridgehead atoms. The average molecular weight is 512 g/mol. The van der Waals surface area contributed by atoms with Gasteiger partial charge >= 0.3 is 0 Å². The molecule has 2 aromatic rings. The number of benzene rings is 2. The number of hydrogen-bond donors (Lipinski definition) is 1. The number of ketones is 1. The summed E-state index contributed by atoms with van der Waals surface area (Å²) in [6.07, 6.45) is 4.89. The van der Waals surface area contributed by atoms with Crippen LogP contribution in [0.15, 0.2) is 54.1 Å². The summed E-state index contributed by atoms with van der Waals surface area (Å²) in [5, 5.41) is 22.5. The van der Waals surface area contributed by atoms with Crippen LogP contribution in [-0.4, -0.2) is 57.7 Å². The minimum atomic E-state index is -0.996. The summed E-state index contributed by atoms with van der Waals surface area (Å²) in [6, 6.07) is 9.68. The Morgan fingerprint density at radius 3 is 2.24 bits per heavy atom. The number of non-ortho nitro benzene ring substituents is 1. The number of carbonyl (C=O) groups excluding carboxylic acids is 2. The molecule has 1 heterocycles. The van der Waals surface area contributed by atoms with E-state index in [1.165, 1.54) is 35.2 Å². The predicted molar refractivity (Wildman–Crippen MR) is 139 cm³/mol. The van der Waals surface area contributed by atoms with Crippen LogP contribution in [0.3, 0.4) is 0 Å². The molecule has 1 saturated heterocycles. The molecule has 1 atom stereocenters. The summed E-state index contributed by atoms with van der Waals surface area (Å²) in [5.74, 6) is -2.59. The molecule has 1 aliphatic rings. The molecule has 0 saturated carbocycles. The fourth-order valence-electron chi connectivity index (χ4n) is 4.59. The van der Waals surface area contributed by atoms with E-state index in [9.17, 15) is 29.2 Å². The molecule has 9 heteroatoms. The van der Waals surface area contributed by atoms with Crippen LogP contribution in [0.2, 0.25) is 0 Å². The van der Waals surface area contributed by atoms with Gasteiger partial charge in [0.15, 0.2) is 0 Å². The number of carbonyl (C=O) groups is 2. The van der Waals surface area contributed by atoms with E-state index in [1.807, 2.05) is 0 Å². The number of amides is 1. The first-order valence-electron chi connectivity index (χ1n) is 12.8. The van der Waals surface area contributed by atoms with Gasteiger partial charge < -0.3 is 14.9 Å². The van der Waals surface area contributed by atoms with E-state index in [0.29, 0.717) is 12.0 Å². The third-order valence-electron chi connectivity index (χ3n) is 6.58. The zero-order valence-electron chi connectivity index (χ0n) is 21.4. The number of rotatable bonds is 13. The number of nitrogens with zero attached hydrogens (tertiary/aromatic N) is 3. The third kappa shape index (κ3) is 6.80. The second kappa shape index (κ2) is 13.1. The molecule has 1 aliphatic heterocycles. The Hall–Kier alpha value is -3.59. The fraction of sp³-hybridized carbons (Fsp3) is 0.429. The molecule has 0 radical (unpaired) electrons. The first-order valence-corrected chi connectivity index (χ1v) is 12.8. The summed E-state index contributed by atoms with van der Waals surface area (Å²) in [7, 11) is 0. The maximum atomic E-state index is 13.5. The molecule has 198 valence electrons. The van der Waals surface area contributed by atoms with Gasteiger partial charge in [-0.2, -0.15) is 0 Å². The number of aliphatic hydroxyl groups excluding tert-OH is 1. The molecule has 3 rings (SSSR count). The summed E-state index contributed by atoms with van der Waals surface area (Å²) >= 11 is 0. The van der Waals surface area contributed by atoms with Gasteiger partial charge in [-0.15, -0.1) is 0 Å². The van der Waals surface area contributed by atoms with E-state index in [1.54, 1.807) is 6.07 Å². The van der Waals surface area contributed by atoms with Crippen molar-refractivity contribution in [2.75, 3.05) is 26.2 Å². The van der Waals surface area contributed by atoms with Crippen molar-refractivity contribution in [1.82, 2.24) is 9.80 Å². The van der Waals surface area contributed by atoms with Crippen molar-refractivity contribution in [1.29, 1.82) is 0 Å². The summed E-state index contributed by atoms with van der Waals surface area (Å²) in [5.41, 5.74) is 0.187. The van der Waals surface area contributed by atoms with Gasteiger partial charge in [0.25, 0.3) is 17.4 Å². The van der Waals surface area contributed by atoms with Crippen LogP contribution in [0.25, 0.3) is 5.76 Å². The Labute approximate surface area is 216 Å². The van der Waals surface area contributed by atoms with Crippen molar-refractivity contribution in [2.24, 2.45) is 0 Å². The van der Waals surface area contributed by atoms with Crippen LogP contribution in [0.5, 0.6) is 0 Å². The number of nitro benzene ring substituents is 1. The van der Waals surface area contributed by atoms with E-state index in [4.69, 9.17) is 0 Å². The second-order valence-electron chi connectivity index (χ2n) is 9.25. The average Bonchev–Trinajstić information content (AvgIpc) is 3.15. The normalized spacial score (nSPS) is 17.1. The minimum Gasteiger partial charge on any atom is -0.507 e. The number of Topliss-reactive ketones (excluding diaryl/α,β-unsaturated/α-hetero) is 1. The lowest BCUT2D eigenvalue weighted by molar-refractivity contribution is -0.384. The van der Waals surface area contributed by atoms with Crippen molar-refractivity contribution >= 4 is 23.1 Å². The number of unbranched alkanes of at least 4 members (excludes halogenated alkanes) is 2. The van der Waals surface area contributed by atoms with E-state index >= 15 is 0 Å². The summed E-state index contributed by atoms with van der Waals surface area (Å²) in [6.45, 7) is 7.16. The lowest BCUT2D eigenvalue weighted by Gasteiger charge is -2.27. The Balaban J connectivity index is 1.96. The second-order valence-corrected chi connectivity index (χ2v) is 9.25. The fourth-order valence-corrected chi connectivity index (χ4v) is 4.59. The monoisotopic (exact) mass is 511 g/mol. The largest absolute Gasteiger partial charge is 0.507 e. The lowest BCUT2D eigenvalue weighted by atomic mass is 9.95. The van der Waals surface area contributed by atoms with Crippen LogP contribution >= 0.6 is 0 Å². The topological polar surface area (TPSA) is 104 Å². The molecule has 0 unspecified atom stereocenters. The lowest BCUT2D eigenvalue weighted by Crippen LogP contribution is -2.34. The predicted octanol–water partition coefficient (Wildman–Crippen LogP) is 5.45. The highest BCUT2D eigenvalue weighted by molar-refractivity contribution is 6.46. The van der Waals surface area contributed by atoms with Gasteiger partial charge in [0, 0.05) is 24.2 Å². The van der Waals surface area contributed by atoms with Crippen molar-refractivity contribution in [3.8, 4) is 0 Å². The number of hydrogen-bond acceptors (Lipinski definition) is 6. The van der Waals surface area contributed by atoms with Gasteiger partial charge in [-0.05, 0) is 68.7 Å². The summed E-state index contributed by atoms with van der Waals surface area (Å²) < 4.78 is 13.5. The zero-order chi connectivity index (χ0) is 26.9. The van der Waals surface area contributed by atoms with E-state index < -0.39 is 34.2 Å². The van der Waals surface area contributed by atoms with Crippen LogP contribution in [0, 0.1) is 15.9 Å². The molecular formula is C28H34FN3O5. The number of nitro groups is 1. The molecule has 1 amide bonds. The Bertz CT molecular complexity index is 1140. The Morgan fingerprint density at radius 2 is 1.65 bits per heavy atom. The maximum Gasteiger partial charge on any atom is 0.295 e. The van der Waals surface area contributed by atoms with E-state index in [2.05, 4.69) is 18.7 Å².